The summed E-state index contributed by atoms with van der Waals surface area (Å²) >= 11 is 3.31. The molecule has 0 unspecified atom stereocenters. The van der Waals surface area contributed by atoms with Gasteiger partial charge in [0.1, 0.15) is 5.75 Å². The van der Waals surface area contributed by atoms with Crippen molar-refractivity contribution in [3.05, 3.63) is 82.3 Å². The first-order chi connectivity index (χ1) is 14.4. The van der Waals surface area contributed by atoms with Gasteiger partial charge in [-0.25, -0.2) is 4.79 Å². The van der Waals surface area contributed by atoms with Crippen LogP contribution in [0.2, 0.25) is 0 Å². The van der Waals surface area contributed by atoms with Gasteiger partial charge in [-0.3, -0.25) is 9.59 Å². The number of anilines is 1. The summed E-state index contributed by atoms with van der Waals surface area (Å²) in [6, 6.07) is 19.3. The van der Waals surface area contributed by atoms with E-state index in [1.165, 1.54) is 26.2 Å². The van der Waals surface area contributed by atoms with Crippen molar-refractivity contribution in [2.75, 3.05) is 12.4 Å². The summed E-state index contributed by atoms with van der Waals surface area (Å²) in [5, 5.41) is 2.74. The van der Waals surface area contributed by atoms with Crippen LogP contribution in [0.25, 0.3) is 11.1 Å². The number of hydrogen-bond acceptors (Lipinski definition) is 5. The van der Waals surface area contributed by atoms with Gasteiger partial charge in [-0.1, -0.05) is 52.3 Å². The lowest BCUT2D eigenvalue weighted by molar-refractivity contribution is -0.131. The van der Waals surface area contributed by atoms with Crippen molar-refractivity contribution in [3.8, 4) is 16.9 Å². The number of carbonyl (C=O) groups excluding carboxylic acids is 3. The van der Waals surface area contributed by atoms with Crippen LogP contribution in [0.1, 0.15) is 27.6 Å². The summed E-state index contributed by atoms with van der Waals surface area (Å²) in [6.45, 7) is 1.25. The average Bonchev–Trinajstić information content (AvgIpc) is 2.74. The molecule has 0 heterocycles. The van der Waals surface area contributed by atoms with Crippen molar-refractivity contribution in [1.82, 2.24) is 0 Å². The maximum absolute atomic E-state index is 13.0. The molecule has 0 aliphatic heterocycles. The fraction of sp³-hybridized carbons (Fsp3) is 0.0870. The Balaban J connectivity index is 2.02. The quantitative estimate of drug-likeness (QED) is 0.417. The Bertz CT molecular complexity index is 1110. The molecule has 6 nitrogen and oxygen atoms in total. The number of carbonyl (C=O) groups is 3. The molecule has 0 saturated carbocycles. The molecule has 1 amide bonds. The molecular formula is C23H18BrNO5. The first-order valence-corrected chi connectivity index (χ1v) is 9.75. The van der Waals surface area contributed by atoms with Gasteiger partial charge < -0.3 is 14.8 Å². The summed E-state index contributed by atoms with van der Waals surface area (Å²) < 4.78 is 10.6. The second kappa shape index (κ2) is 9.37. The van der Waals surface area contributed by atoms with Gasteiger partial charge in [-0.2, -0.15) is 0 Å². The molecule has 1 N–H and O–H groups in total. The van der Waals surface area contributed by atoms with Crippen molar-refractivity contribution in [3.63, 3.8) is 0 Å². The minimum atomic E-state index is -0.584. The second-order valence-corrected chi connectivity index (χ2v) is 7.22. The summed E-state index contributed by atoms with van der Waals surface area (Å²) in [4.78, 5) is 36.6. The molecule has 0 aromatic heterocycles. The lowest BCUT2D eigenvalue weighted by atomic mass is 10.0. The number of halogens is 1. The van der Waals surface area contributed by atoms with Gasteiger partial charge in [0.25, 0.3) is 5.91 Å². The normalized spacial score (nSPS) is 10.2. The Morgan fingerprint density at radius 2 is 1.60 bits per heavy atom. The zero-order valence-corrected chi connectivity index (χ0v) is 17.9. The van der Waals surface area contributed by atoms with E-state index >= 15 is 0 Å². The topological polar surface area (TPSA) is 81.7 Å². The molecular weight excluding hydrogens is 450 g/mol. The maximum atomic E-state index is 13.0. The highest BCUT2D eigenvalue weighted by atomic mass is 79.9. The number of ether oxygens (including phenoxy) is 2. The SMILES string of the molecule is COC(=O)c1ccc(-c2ccccc2)cc1NC(=O)c1cc(Br)ccc1OC(C)=O. The number of esters is 2. The van der Waals surface area contributed by atoms with Crippen LogP contribution in [0.5, 0.6) is 5.75 Å². The predicted octanol–water partition coefficient (Wildman–Crippen LogP) is 5.08. The molecule has 0 aliphatic rings. The van der Waals surface area contributed by atoms with Crippen molar-refractivity contribution in [2.45, 2.75) is 6.92 Å². The third-order valence-corrected chi connectivity index (χ3v) is 4.71. The minimum Gasteiger partial charge on any atom is -0.465 e. The van der Waals surface area contributed by atoms with Gasteiger partial charge in [-0.15, -0.1) is 0 Å². The molecule has 0 saturated heterocycles. The van der Waals surface area contributed by atoms with E-state index in [0.29, 0.717) is 4.47 Å². The third kappa shape index (κ3) is 4.93. The van der Waals surface area contributed by atoms with E-state index in [4.69, 9.17) is 9.47 Å². The van der Waals surface area contributed by atoms with E-state index in [0.717, 1.165) is 11.1 Å². The number of nitrogens with one attached hydrogen (secondary N) is 1. The van der Waals surface area contributed by atoms with Gasteiger partial charge in [-0.05, 0) is 41.5 Å². The fourth-order valence-electron chi connectivity index (χ4n) is 2.86. The van der Waals surface area contributed by atoms with Crippen LogP contribution in [-0.4, -0.2) is 25.0 Å². The molecule has 0 bridgehead atoms. The van der Waals surface area contributed by atoms with Crippen LogP contribution in [0, 0.1) is 0 Å². The second-order valence-electron chi connectivity index (χ2n) is 6.31. The summed E-state index contributed by atoms with van der Waals surface area (Å²) in [5.41, 5.74) is 2.36. The van der Waals surface area contributed by atoms with Gasteiger partial charge >= 0.3 is 11.9 Å². The lowest BCUT2D eigenvalue weighted by Crippen LogP contribution is -2.17. The molecule has 152 valence electrons. The highest BCUT2D eigenvalue weighted by Gasteiger charge is 2.19. The molecule has 3 rings (SSSR count). The van der Waals surface area contributed by atoms with Gasteiger partial charge in [0.2, 0.25) is 0 Å². The molecule has 0 aliphatic carbocycles. The van der Waals surface area contributed by atoms with Gasteiger partial charge in [0, 0.05) is 11.4 Å². The van der Waals surface area contributed by atoms with Crippen LogP contribution < -0.4 is 10.1 Å². The van der Waals surface area contributed by atoms with Gasteiger partial charge in [0.15, 0.2) is 0 Å². The summed E-state index contributed by atoms with van der Waals surface area (Å²) in [7, 11) is 1.27. The molecule has 3 aromatic carbocycles. The molecule has 0 atom stereocenters. The van der Waals surface area contributed by atoms with E-state index in [1.807, 2.05) is 30.3 Å². The maximum Gasteiger partial charge on any atom is 0.339 e. The monoisotopic (exact) mass is 467 g/mol. The smallest absolute Gasteiger partial charge is 0.339 e. The number of amides is 1. The number of methoxy groups -OCH3 is 1. The first-order valence-electron chi connectivity index (χ1n) is 8.96. The van der Waals surface area contributed by atoms with Crippen LogP contribution >= 0.6 is 15.9 Å². The first kappa shape index (κ1) is 21.3. The number of rotatable bonds is 5. The van der Waals surface area contributed by atoms with E-state index in [9.17, 15) is 14.4 Å². The largest absolute Gasteiger partial charge is 0.465 e. The molecule has 0 fully saturated rings. The average molecular weight is 468 g/mol. The Morgan fingerprint density at radius 1 is 0.867 bits per heavy atom. The van der Waals surface area contributed by atoms with Crippen molar-refractivity contribution in [2.24, 2.45) is 0 Å². The van der Waals surface area contributed by atoms with Crippen LogP contribution in [-0.2, 0) is 9.53 Å². The molecule has 7 heteroatoms. The van der Waals surface area contributed by atoms with E-state index in [2.05, 4.69) is 21.2 Å². The molecule has 0 radical (unpaired) electrons. The Labute approximate surface area is 181 Å². The minimum absolute atomic E-state index is 0.113. The van der Waals surface area contributed by atoms with Crippen LogP contribution in [0.15, 0.2) is 71.2 Å². The zero-order chi connectivity index (χ0) is 21.7. The van der Waals surface area contributed by atoms with Gasteiger partial charge in [0.05, 0.1) is 23.9 Å². The van der Waals surface area contributed by atoms with Crippen molar-refractivity contribution < 1.29 is 23.9 Å². The van der Waals surface area contributed by atoms with Crippen LogP contribution in [0.4, 0.5) is 5.69 Å². The number of benzene rings is 3. The Kier molecular flexibility index (Phi) is 6.64. The standard InChI is InChI=1S/C23H18BrNO5/c1-14(26)30-21-11-9-17(24)13-19(21)22(27)25-20-12-16(15-6-4-3-5-7-15)8-10-18(20)23(28)29-2/h3-13H,1-2H3,(H,25,27). The zero-order valence-electron chi connectivity index (χ0n) is 16.3. The van der Waals surface area contributed by atoms with Crippen molar-refractivity contribution in [1.29, 1.82) is 0 Å². The van der Waals surface area contributed by atoms with Crippen LogP contribution in [0.3, 0.4) is 0 Å². The van der Waals surface area contributed by atoms with E-state index in [1.54, 1.807) is 24.3 Å². The van der Waals surface area contributed by atoms with Crippen molar-refractivity contribution >= 4 is 39.5 Å². The highest BCUT2D eigenvalue weighted by molar-refractivity contribution is 9.10. The summed E-state index contributed by atoms with van der Waals surface area (Å²) in [5.74, 6) is -1.56. The third-order valence-electron chi connectivity index (χ3n) is 4.22. The van der Waals surface area contributed by atoms with E-state index < -0.39 is 17.8 Å². The Morgan fingerprint density at radius 3 is 2.27 bits per heavy atom. The Hall–Kier alpha value is -3.45. The molecule has 30 heavy (non-hydrogen) atoms. The summed E-state index contributed by atoms with van der Waals surface area (Å²) in [6.07, 6.45) is 0. The lowest BCUT2D eigenvalue weighted by Gasteiger charge is -2.14. The predicted molar refractivity (Wildman–Crippen MR) is 117 cm³/mol. The highest BCUT2D eigenvalue weighted by Crippen LogP contribution is 2.29. The molecule has 0 spiro atoms. The van der Waals surface area contributed by atoms with E-state index in [-0.39, 0.29) is 22.6 Å². The number of hydrogen-bond donors (Lipinski definition) is 1. The molecule has 3 aromatic rings. The fourth-order valence-corrected chi connectivity index (χ4v) is 3.22.